The molecule has 0 aliphatic heterocycles. The van der Waals surface area contributed by atoms with E-state index in [1.165, 1.54) is 6.26 Å². The molecule has 0 radical (unpaired) electrons. The summed E-state index contributed by atoms with van der Waals surface area (Å²) >= 11 is 0. The van der Waals surface area contributed by atoms with Crippen molar-refractivity contribution in [1.29, 1.82) is 0 Å². The molecule has 0 amide bonds. The van der Waals surface area contributed by atoms with Gasteiger partial charge in [0, 0.05) is 23.6 Å². The van der Waals surface area contributed by atoms with Crippen molar-refractivity contribution in [1.82, 2.24) is 5.16 Å². The fourth-order valence-electron chi connectivity index (χ4n) is 1.75. The van der Waals surface area contributed by atoms with E-state index in [0.717, 1.165) is 12.1 Å². The lowest BCUT2D eigenvalue weighted by atomic mass is 10.0. The van der Waals surface area contributed by atoms with Crippen molar-refractivity contribution in [2.24, 2.45) is 0 Å². The number of nitrogens with zero attached hydrogens (tertiary/aromatic N) is 2. The molecule has 1 aromatic carbocycles. The number of nitro benzene ring substituents is 1. The number of benzene rings is 1. The van der Waals surface area contributed by atoms with Gasteiger partial charge in [-0.2, -0.15) is 13.2 Å². The Morgan fingerprint density at radius 1 is 1.35 bits per heavy atom. The number of aromatic nitrogens is 1. The molecular formula is C12H9F3N2O3. The monoisotopic (exact) mass is 286 g/mol. The largest absolute Gasteiger partial charge is 0.416 e. The second-order valence-electron chi connectivity index (χ2n) is 4.20. The quantitative estimate of drug-likeness (QED) is 0.639. The molecule has 8 heteroatoms. The van der Waals surface area contributed by atoms with Crippen LogP contribution in [0.2, 0.25) is 0 Å². The third-order valence-corrected chi connectivity index (χ3v) is 2.84. The smallest absolute Gasteiger partial charge is 0.364 e. The molecule has 0 N–H and O–H groups in total. The fourth-order valence-corrected chi connectivity index (χ4v) is 1.75. The van der Waals surface area contributed by atoms with Crippen LogP contribution in [0, 0.1) is 17.0 Å². The van der Waals surface area contributed by atoms with E-state index in [2.05, 4.69) is 5.16 Å². The zero-order valence-electron chi connectivity index (χ0n) is 10.3. The zero-order chi connectivity index (χ0) is 14.9. The zero-order valence-corrected chi connectivity index (χ0v) is 10.3. The number of hydrogen-bond donors (Lipinski definition) is 0. The summed E-state index contributed by atoms with van der Waals surface area (Å²) in [5, 5.41) is 14.5. The second kappa shape index (κ2) is 4.95. The normalized spacial score (nSPS) is 11.6. The van der Waals surface area contributed by atoms with Crippen molar-refractivity contribution < 1.29 is 22.6 Å². The average molecular weight is 286 g/mol. The third-order valence-electron chi connectivity index (χ3n) is 2.84. The number of rotatable bonds is 3. The molecule has 0 unspecified atom stereocenters. The molecular weight excluding hydrogens is 277 g/mol. The Bertz CT molecular complexity index is 650. The Labute approximate surface area is 111 Å². The molecule has 1 aromatic heterocycles. The maximum absolute atomic E-state index is 12.6. The standard InChI is InChI=1S/C12H9F3N2O3/c1-7-9(6-20-16-7)4-8-2-3-10(12(13,14)15)5-11(8)17(18)19/h2-3,5-6H,4H2,1H3. The summed E-state index contributed by atoms with van der Waals surface area (Å²) in [7, 11) is 0. The molecule has 0 aliphatic rings. The van der Waals surface area contributed by atoms with Gasteiger partial charge in [0.05, 0.1) is 16.2 Å². The number of halogens is 3. The molecule has 2 rings (SSSR count). The minimum atomic E-state index is -4.61. The lowest BCUT2D eigenvalue weighted by Crippen LogP contribution is -2.07. The van der Waals surface area contributed by atoms with Crippen LogP contribution < -0.4 is 0 Å². The lowest BCUT2D eigenvalue weighted by Gasteiger charge is -2.08. The average Bonchev–Trinajstić information content (AvgIpc) is 2.74. The van der Waals surface area contributed by atoms with E-state index < -0.39 is 22.4 Å². The van der Waals surface area contributed by atoms with Gasteiger partial charge >= 0.3 is 6.18 Å². The topological polar surface area (TPSA) is 69.2 Å². The maximum atomic E-state index is 12.6. The molecule has 20 heavy (non-hydrogen) atoms. The van der Waals surface area contributed by atoms with E-state index in [1.54, 1.807) is 6.92 Å². The summed E-state index contributed by atoms with van der Waals surface area (Å²) in [6.45, 7) is 1.65. The van der Waals surface area contributed by atoms with Crippen LogP contribution >= 0.6 is 0 Å². The number of aryl methyl sites for hydroxylation is 1. The Hall–Kier alpha value is -2.38. The number of hydrogen-bond acceptors (Lipinski definition) is 4. The summed E-state index contributed by atoms with van der Waals surface area (Å²) < 4.78 is 42.4. The Balaban J connectivity index is 2.43. The van der Waals surface area contributed by atoms with Gasteiger partial charge in [-0.25, -0.2) is 0 Å². The van der Waals surface area contributed by atoms with Crippen LogP contribution in [0.1, 0.15) is 22.4 Å². The van der Waals surface area contributed by atoms with Crippen molar-refractivity contribution in [3.8, 4) is 0 Å². The first-order valence-corrected chi connectivity index (χ1v) is 5.53. The maximum Gasteiger partial charge on any atom is 0.416 e. The predicted octanol–water partition coefficient (Wildman–Crippen LogP) is 3.50. The Kier molecular flexibility index (Phi) is 3.47. The molecule has 0 bridgehead atoms. The fraction of sp³-hybridized carbons (Fsp3) is 0.250. The highest BCUT2D eigenvalue weighted by molar-refractivity contribution is 5.46. The Morgan fingerprint density at radius 2 is 2.05 bits per heavy atom. The first-order valence-electron chi connectivity index (χ1n) is 5.53. The molecule has 0 saturated heterocycles. The minimum Gasteiger partial charge on any atom is -0.364 e. The summed E-state index contributed by atoms with van der Waals surface area (Å²) in [5.41, 5.74) is -0.309. The molecule has 1 heterocycles. The minimum absolute atomic E-state index is 0.0871. The van der Waals surface area contributed by atoms with Crippen LogP contribution in [-0.2, 0) is 12.6 Å². The van der Waals surface area contributed by atoms with E-state index in [1.807, 2.05) is 0 Å². The van der Waals surface area contributed by atoms with Gasteiger partial charge in [-0.05, 0) is 13.0 Å². The molecule has 0 saturated carbocycles. The van der Waals surface area contributed by atoms with Crippen molar-refractivity contribution in [3.05, 3.63) is 57.0 Å². The number of nitro groups is 1. The lowest BCUT2D eigenvalue weighted by molar-refractivity contribution is -0.385. The molecule has 5 nitrogen and oxygen atoms in total. The molecule has 0 spiro atoms. The molecule has 0 aliphatic carbocycles. The SMILES string of the molecule is Cc1nocc1Cc1ccc(C(F)(F)F)cc1[N+](=O)[O-]. The van der Waals surface area contributed by atoms with Gasteiger partial charge in [-0.3, -0.25) is 10.1 Å². The van der Waals surface area contributed by atoms with Crippen molar-refractivity contribution in [2.45, 2.75) is 19.5 Å². The van der Waals surface area contributed by atoms with Gasteiger partial charge in [0.25, 0.3) is 5.69 Å². The molecule has 106 valence electrons. The molecule has 0 fully saturated rings. The predicted molar refractivity (Wildman–Crippen MR) is 62.1 cm³/mol. The van der Waals surface area contributed by atoms with E-state index in [4.69, 9.17) is 4.52 Å². The molecule has 2 aromatic rings. The van der Waals surface area contributed by atoms with Gasteiger partial charge in [0.2, 0.25) is 0 Å². The van der Waals surface area contributed by atoms with Crippen LogP contribution in [0.15, 0.2) is 29.0 Å². The third kappa shape index (κ3) is 2.79. The van der Waals surface area contributed by atoms with Crippen LogP contribution in [-0.4, -0.2) is 10.1 Å². The van der Waals surface area contributed by atoms with Gasteiger partial charge < -0.3 is 4.52 Å². The Morgan fingerprint density at radius 3 is 2.55 bits per heavy atom. The molecule has 0 atom stereocenters. The number of alkyl halides is 3. The van der Waals surface area contributed by atoms with Crippen molar-refractivity contribution >= 4 is 5.69 Å². The highest BCUT2D eigenvalue weighted by atomic mass is 19.4. The summed E-state index contributed by atoms with van der Waals surface area (Å²) in [6, 6.07) is 2.47. The van der Waals surface area contributed by atoms with E-state index in [9.17, 15) is 23.3 Å². The van der Waals surface area contributed by atoms with Crippen molar-refractivity contribution in [2.75, 3.05) is 0 Å². The van der Waals surface area contributed by atoms with Gasteiger partial charge in [0.1, 0.15) is 6.26 Å². The highest BCUT2D eigenvalue weighted by Gasteiger charge is 2.33. The first kappa shape index (κ1) is 14.0. The summed E-state index contributed by atoms with van der Waals surface area (Å²) in [6.07, 6.45) is -3.21. The second-order valence-corrected chi connectivity index (χ2v) is 4.20. The van der Waals surface area contributed by atoms with Crippen LogP contribution in [0.25, 0.3) is 0 Å². The van der Waals surface area contributed by atoms with E-state index >= 15 is 0 Å². The van der Waals surface area contributed by atoms with Gasteiger partial charge in [-0.1, -0.05) is 11.2 Å². The van der Waals surface area contributed by atoms with E-state index in [0.29, 0.717) is 17.3 Å². The highest BCUT2D eigenvalue weighted by Crippen LogP contribution is 2.33. The first-order chi connectivity index (χ1) is 9.29. The van der Waals surface area contributed by atoms with Gasteiger partial charge in [0.15, 0.2) is 0 Å². The summed E-state index contributed by atoms with van der Waals surface area (Å²) in [5.74, 6) is 0. The van der Waals surface area contributed by atoms with Crippen molar-refractivity contribution in [3.63, 3.8) is 0 Å². The van der Waals surface area contributed by atoms with Crippen LogP contribution in [0.3, 0.4) is 0 Å². The van der Waals surface area contributed by atoms with Crippen LogP contribution in [0.4, 0.5) is 18.9 Å². The van der Waals surface area contributed by atoms with E-state index in [-0.39, 0.29) is 12.0 Å². The van der Waals surface area contributed by atoms with Crippen LogP contribution in [0.5, 0.6) is 0 Å². The summed E-state index contributed by atoms with van der Waals surface area (Å²) in [4.78, 5) is 10.1. The van der Waals surface area contributed by atoms with Gasteiger partial charge in [-0.15, -0.1) is 0 Å².